The van der Waals surface area contributed by atoms with E-state index >= 15 is 0 Å². The third kappa shape index (κ3) is 3.65. The highest BCUT2D eigenvalue weighted by Crippen LogP contribution is 2.27. The van der Waals surface area contributed by atoms with Crippen molar-refractivity contribution in [3.05, 3.63) is 36.4 Å². The van der Waals surface area contributed by atoms with Gasteiger partial charge in [0.15, 0.2) is 0 Å². The van der Waals surface area contributed by atoms with Crippen LogP contribution in [0.5, 0.6) is 0 Å². The maximum atomic E-state index is 12.5. The maximum absolute atomic E-state index is 12.5. The Hall–Kier alpha value is -2.20. The van der Waals surface area contributed by atoms with Gasteiger partial charge < -0.3 is 10.6 Å². The van der Waals surface area contributed by atoms with Gasteiger partial charge in [-0.05, 0) is 23.6 Å². The minimum atomic E-state index is -3.98. The van der Waals surface area contributed by atoms with Gasteiger partial charge in [-0.3, -0.25) is 10.0 Å². The van der Waals surface area contributed by atoms with Gasteiger partial charge in [-0.2, -0.15) is 4.72 Å². The zero-order valence-electron chi connectivity index (χ0n) is 13.4. The molecule has 0 fully saturated rings. The van der Waals surface area contributed by atoms with Crippen molar-refractivity contribution in [3.8, 4) is 0 Å². The minimum Gasteiger partial charge on any atom is -0.377 e. The lowest BCUT2D eigenvalue weighted by Crippen LogP contribution is -2.49. The quantitative estimate of drug-likeness (QED) is 0.429. The van der Waals surface area contributed by atoms with Crippen LogP contribution in [0.3, 0.4) is 0 Å². The number of hydrogen-bond donors (Lipinski definition) is 4. The largest absolute Gasteiger partial charge is 0.377 e. The Morgan fingerprint density at radius 3 is 2.58 bits per heavy atom. The number of anilines is 1. The predicted molar refractivity (Wildman–Crippen MR) is 91.4 cm³/mol. The van der Waals surface area contributed by atoms with Crippen LogP contribution >= 0.6 is 0 Å². The summed E-state index contributed by atoms with van der Waals surface area (Å²) in [4.78, 5) is 13.3. The van der Waals surface area contributed by atoms with Crippen LogP contribution in [-0.2, 0) is 14.8 Å². The van der Waals surface area contributed by atoms with Crippen molar-refractivity contribution < 1.29 is 18.4 Å². The summed E-state index contributed by atoms with van der Waals surface area (Å²) in [6.07, 6.45) is 0. The second-order valence-corrected chi connectivity index (χ2v) is 7.15. The fraction of sp³-hybridized carbons (Fsp3) is 0.267. The summed E-state index contributed by atoms with van der Waals surface area (Å²) in [7, 11) is -0.250. The zero-order valence-corrected chi connectivity index (χ0v) is 14.2. The molecule has 5 N–H and O–H groups in total. The topological polar surface area (TPSA) is 125 Å². The lowest BCUT2D eigenvalue weighted by Gasteiger charge is -2.17. The summed E-state index contributed by atoms with van der Waals surface area (Å²) in [6.45, 7) is -0.290. The number of carbonyl (C=O) groups is 1. The van der Waals surface area contributed by atoms with Gasteiger partial charge in [0.05, 0.1) is 4.90 Å². The molecule has 2 aromatic rings. The first-order valence-corrected chi connectivity index (χ1v) is 8.65. The number of hydroxylamine groups is 1. The minimum absolute atomic E-state index is 0.00786. The summed E-state index contributed by atoms with van der Waals surface area (Å²) in [5, 5.41) is 10.3. The fourth-order valence-corrected chi connectivity index (χ4v) is 3.57. The van der Waals surface area contributed by atoms with Crippen molar-refractivity contribution in [2.24, 2.45) is 5.73 Å². The Bertz CT molecular complexity index is 852. The Morgan fingerprint density at radius 1 is 1.29 bits per heavy atom. The maximum Gasteiger partial charge on any atom is 0.262 e. The summed E-state index contributed by atoms with van der Waals surface area (Å²) >= 11 is 0. The Morgan fingerprint density at radius 2 is 2.00 bits per heavy atom. The van der Waals surface area contributed by atoms with Crippen LogP contribution in [0.25, 0.3) is 10.8 Å². The average Bonchev–Trinajstić information content (AvgIpc) is 2.57. The molecule has 0 aliphatic carbocycles. The van der Waals surface area contributed by atoms with E-state index in [1.807, 2.05) is 37.2 Å². The molecule has 9 heteroatoms. The third-order valence-corrected chi connectivity index (χ3v) is 5.05. The molecule has 2 aromatic carbocycles. The molecule has 1 atom stereocenters. The molecular formula is C15H20N4O4S. The standard InChI is InChI=1S/C15H20N4O4S/c1-19(2)14-5-3-4-10-6-7-11(8-12(10)14)24(22,23)18-13(9-16)15(20)17-21/h3-8,13,18,21H,9,16H2,1-2H3,(H,17,20)/t13-/m0/s1. The van der Waals surface area contributed by atoms with Crippen LogP contribution in [0.1, 0.15) is 0 Å². The molecule has 2 rings (SSSR count). The number of sulfonamides is 1. The first-order valence-electron chi connectivity index (χ1n) is 7.16. The van der Waals surface area contributed by atoms with Crippen LogP contribution < -0.4 is 20.8 Å². The second kappa shape index (κ2) is 7.14. The normalized spacial score (nSPS) is 12.8. The number of rotatable bonds is 6. The average molecular weight is 352 g/mol. The van der Waals surface area contributed by atoms with Crippen molar-refractivity contribution in [2.45, 2.75) is 10.9 Å². The summed E-state index contributed by atoms with van der Waals surface area (Å²) in [5.41, 5.74) is 7.64. The molecule has 0 aromatic heterocycles. The molecule has 0 saturated carbocycles. The molecule has 0 aliphatic heterocycles. The number of nitrogens with two attached hydrogens (primary N) is 1. The summed E-state index contributed by atoms with van der Waals surface area (Å²) < 4.78 is 27.2. The van der Waals surface area contributed by atoms with Gasteiger partial charge in [0.1, 0.15) is 6.04 Å². The highest BCUT2D eigenvalue weighted by molar-refractivity contribution is 7.89. The number of nitrogens with one attached hydrogen (secondary N) is 2. The molecule has 0 aliphatic rings. The van der Waals surface area contributed by atoms with Gasteiger partial charge in [0.2, 0.25) is 10.0 Å². The van der Waals surface area contributed by atoms with Crippen LogP contribution in [-0.4, -0.2) is 46.2 Å². The monoisotopic (exact) mass is 352 g/mol. The summed E-state index contributed by atoms with van der Waals surface area (Å²) in [6, 6.07) is 9.08. The van der Waals surface area contributed by atoms with Crippen molar-refractivity contribution in [1.82, 2.24) is 10.2 Å². The Balaban J connectivity index is 2.47. The van der Waals surface area contributed by atoms with Crippen LogP contribution in [0.2, 0.25) is 0 Å². The number of carbonyl (C=O) groups excluding carboxylic acids is 1. The van der Waals surface area contributed by atoms with Gasteiger partial charge >= 0.3 is 0 Å². The molecule has 0 saturated heterocycles. The summed E-state index contributed by atoms with van der Waals surface area (Å²) in [5.74, 6) is -0.921. The molecule has 0 spiro atoms. The molecule has 130 valence electrons. The van der Waals surface area contributed by atoms with Crippen LogP contribution in [0, 0.1) is 0 Å². The molecule has 8 nitrogen and oxygen atoms in total. The second-order valence-electron chi connectivity index (χ2n) is 5.44. The van der Waals surface area contributed by atoms with E-state index in [2.05, 4.69) is 4.72 Å². The Labute approximate surface area is 140 Å². The van der Waals surface area contributed by atoms with E-state index in [0.717, 1.165) is 16.5 Å². The highest BCUT2D eigenvalue weighted by Gasteiger charge is 2.24. The lowest BCUT2D eigenvalue weighted by atomic mass is 10.1. The molecule has 0 heterocycles. The lowest BCUT2D eigenvalue weighted by molar-refractivity contribution is -0.130. The predicted octanol–water partition coefficient (Wildman–Crippen LogP) is 0.0168. The van der Waals surface area contributed by atoms with E-state index < -0.39 is 22.0 Å². The first-order chi connectivity index (χ1) is 11.3. The number of amides is 1. The van der Waals surface area contributed by atoms with E-state index in [1.54, 1.807) is 6.07 Å². The van der Waals surface area contributed by atoms with Gasteiger partial charge in [-0.25, -0.2) is 13.9 Å². The first kappa shape index (κ1) is 18.1. The Kier molecular flexibility index (Phi) is 5.40. The number of hydrogen-bond acceptors (Lipinski definition) is 6. The SMILES string of the molecule is CN(C)c1cccc2ccc(S(=O)(=O)N[C@@H](CN)C(=O)NO)cc12. The molecule has 24 heavy (non-hydrogen) atoms. The van der Waals surface area contributed by atoms with Gasteiger partial charge in [-0.15, -0.1) is 0 Å². The molecular weight excluding hydrogens is 332 g/mol. The van der Waals surface area contributed by atoms with Crippen molar-refractivity contribution >= 4 is 32.4 Å². The number of benzene rings is 2. The van der Waals surface area contributed by atoms with E-state index in [9.17, 15) is 13.2 Å². The van der Waals surface area contributed by atoms with Crippen molar-refractivity contribution in [3.63, 3.8) is 0 Å². The van der Waals surface area contributed by atoms with E-state index in [0.29, 0.717) is 0 Å². The molecule has 0 bridgehead atoms. The molecule has 0 radical (unpaired) electrons. The zero-order chi connectivity index (χ0) is 17.9. The molecule has 1 amide bonds. The van der Waals surface area contributed by atoms with Gasteiger partial charge in [0.25, 0.3) is 5.91 Å². The van der Waals surface area contributed by atoms with Gasteiger partial charge in [0, 0.05) is 31.7 Å². The smallest absolute Gasteiger partial charge is 0.262 e. The van der Waals surface area contributed by atoms with E-state index in [1.165, 1.54) is 17.6 Å². The fourth-order valence-electron chi connectivity index (χ4n) is 2.33. The molecule has 0 unspecified atom stereocenters. The number of nitrogens with zero attached hydrogens (tertiary/aromatic N) is 1. The van der Waals surface area contributed by atoms with Crippen molar-refractivity contribution in [1.29, 1.82) is 0 Å². The highest BCUT2D eigenvalue weighted by atomic mass is 32.2. The van der Waals surface area contributed by atoms with E-state index in [-0.39, 0.29) is 11.4 Å². The third-order valence-electron chi connectivity index (χ3n) is 3.58. The van der Waals surface area contributed by atoms with Crippen LogP contribution in [0.4, 0.5) is 5.69 Å². The van der Waals surface area contributed by atoms with Gasteiger partial charge in [-0.1, -0.05) is 18.2 Å². The van der Waals surface area contributed by atoms with Crippen molar-refractivity contribution in [2.75, 3.05) is 25.5 Å². The van der Waals surface area contributed by atoms with Crippen LogP contribution in [0.15, 0.2) is 41.3 Å². The number of fused-ring (bicyclic) bond motifs is 1. The van der Waals surface area contributed by atoms with E-state index in [4.69, 9.17) is 10.9 Å².